The third-order valence-corrected chi connectivity index (χ3v) is 4.39. The van der Waals surface area contributed by atoms with Crippen molar-refractivity contribution in [3.8, 4) is 0 Å². The van der Waals surface area contributed by atoms with Gasteiger partial charge in [-0.2, -0.15) is 0 Å². The molecular weight excluding hydrogens is 312 g/mol. The summed E-state index contributed by atoms with van der Waals surface area (Å²) < 4.78 is 23.1. The van der Waals surface area contributed by atoms with Crippen molar-refractivity contribution < 1.29 is 13.2 Å². The second-order valence-electron chi connectivity index (χ2n) is 4.62. The van der Waals surface area contributed by atoms with Gasteiger partial charge >= 0.3 is 0 Å². The van der Waals surface area contributed by atoms with Crippen molar-refractivity contribution >= 4 is 33.8 Å². The molecule has 0 fully saturated rings. The van der Waals surface area contributed by atoms with Gasteiger partial charge in [-0.05, 0) is 30.7 Å². The molecule has 0 saturated carbocycles. The Balaban J connectivity index is 0.00000400. The zero-order chi connectivity index (χ0) is 15.0. The summed E-state index contributed by atoms with van der Waals surface area (Å²) in [5.41, 5.74) is 1.66. The van der Waals surface area contributed by atoms with E-state index in [4.69, 9.17) is 0 Å². The second kappa shape index (κ2) is 9.76. The Morgan fingerprint density at radius 1 is 1.24 bits per heavy atom. The van der Waals surface area contributed by atoms with Gasteiger partial charge in [-0.1, -0.05) is 26.0 Å². The lowest BCUT2D eigenvalue weighted by Crippen LogP contribution is -2.24. The van der Waals surface area contributed by atoms with Gasteiger partial charge in [0.25, 0.3) is 0 Å². The van der Waals surface area contributed by atoms with E-state index in [0.29, 0.717) is 18.7 Å². The van der Waals surface area contributed by atoms with Crippen LogP contribution < -0.4 is 10.6 Å². The molecule has 0 aliphatic carbocycles. The van der Waals surface area contributed by atoms with Crippen molar-refractivity contribution in [3.63, 3.8) is 0 Å². The van der Waals surface area contributed by atoms with E-state index in [9.17, 15) is 13.2 Å². The maximum Gasteiger partial charge on any atom is 0.239 e. The molecule has 0 unspecified atom stereocenters. The van der Waals surface area contributed by atoms with Crippen molar-refractivity contribution in [3.05, 3.63) is 29.8 Å². The van der Waals surface area contributed by atoms with Gasteiger partial charge in [-0.3, -0.25) is 4.79 Å². The Morgan fingerprint density at radius 2 is 1.95 bits per heavy atom. The van der Waals surface area contributed by atoms with Gasteiger partial charge in [-0.25, -0.2) is 8.42 Å². The minimum atomic E-state index is -3.30. The molecule has 0 aromatic heterocycles. The number of carbonyl (C=O) groups excluding carboxylic acids is 1. The summed E-state index contributed by atoms with van der Waals surface area (Å²) in [6, 6.07) is 7.38. The van der Waals surface area contributed by atoms with Gasteiger partial charge in [0.2, 0.25) is 5.91 Å². The molecule has 1 rings (SSSR count). The van der Waals surface area contributed by atoms with Crippen molar-refractivity contribution in [1.29, 1.82) is 0 Å². The van der Waals surface area contributed by atoms with Gasteiger partial charge in [0.05, 0.1) is 5.75 Å². The topological polar surface area (TPSA) is 75.3 Å². The monoisotopic (exact) mass is 334 g/mol. The normalized spacial score (nSPS) is 10.8. The van der Waals surface area contributed by atoms with E-state index in [1.807, 2.05) is 25.1 Å². The molecule has 1 aromatic carbocycles. The number of anilines is 1. The van der Waals surface area contributed by atoms with Crippen LogP contribution in [0, 0.1) is 0 Å². The largest absolute Gasteiger partial charge is 0.325 e. The zero-order valence-electron chi connectivity index (χ0n) is 12.4. The van der Waals surface area contributed by atoms with Gasteiger partial charge in [0, 0.05) is 12.2 Å². The number of sulfone groups is 1. The standard InChI is InChI=1S/C14H22N2O3S.ClH/c1-3-8-20(18,19)11-14(17)16-13-7-5-6-12(9-13)10-15-4-2;/h5-7,9,15H,3-4,8,10-11H2,1-2H3,(H,16,17);1H. The third-order valence-electron chi connectivity index (χ3n) is 2.66. The average molecular weight is 335 g/mol. The lowest BCUT2D eigenvalue weighted by molar-refractivity contribution is -0.113. The Labute approximate surface area is 132 Å². The minimum absolute atomic E-state index is 0. The smallest absolute Gasteiger partial charge is 0.239 e. The molecule has 0 bridgehead atoms. The maximum absolute atomic E-state index is 11.7. The zero-order valence-corrected chi connectivity index (χ0v) is 14.0. The highest BCUT2D eigenvalue weighted by atomic mass is 35.5. The molecule has 5 nitrogen and oxygen atoms in total. The van der Waals surface area contributed by atoms with Crippen LogP contribution in [0.1, 0.15) is 25.8 Å². The van der Waals surface area contributed by atoms with Crippen LogP contribution in [0.4, 0.5) is 5.69 Å². The Morgan fingerprint density at radius 3 is 2.57 bits per heavy atom. The van der Waals surface area contributed by atoms with E-state index in [0.717, 1.165) is 12.1 Å². The van der Waals surface area contributed by atoms with Crippen molar-refractivity contribution in [1.82, 2.24) is 5.32 Å². The van der Waals surface area contributed by atoms with Gasteiger partial charge in [0.1, 0.15) is 5.75 Å². The number of hydrogen-bond donors (Lipinski definition) is 2. The summed E-state index contributed by atoms with van der Waals surface area (Å²) in [4.78, 5) is 11.7. The first kappa shape index (κ1) is 19.9. The Kier molecular flexibility index (Phi) is 9.24. The molecule has 120 valence electrons. The van der Waals surface area contributed by atoms with Crippen LogP contribution in [0.3, 0.4) is 0 Å². The number of amides is 1. The van der Waals surface area contributed by atoms with Crippen LogP contribution >= 0.6 is 12.4 Å². The minimum Gasteiger partial charge on any atom is -0.325 e. The van der Waals surface area contributed by atoms with Crippen LogP contribution in [0.25, 0.3) is 0 Å². The first-order valence-electron chi connectivity index (χ1n) is 6.76. The highest BCUT2D eigenvalue weighted by molar-refractivity contribution is 7.92. The van der Waals surface area contributed by atoms with Crippen LogP contribution in [0.2, 0.25) is 0 Å². The van der Waals surface area contributed by atoms with E-state index >= 15 is 0 Å². The second-order valence-corrected chi connectivity index (χ2v) is 6.80. The number of halogens is 1. The molecule has 7 heteroatoms. The van der Waals surface area contributed by atoms with Crippen molar-refractivity contribution in [2.24, 2.45) is 0 Å². The molecule has 0 radical (unpaired) electrons. The number of hydrogen-bond acceptors (Lipinski definition) is 4. The fourth-order valence-electron chi connectivity index (χ4n) is 1.81. The fourth-order valence-corrected chi connectivity index (χ4v) is 3.05. The summed E-state index contributed by atoms with van der Waals surface area (Å²) >= 11 is 0. The fraction of sp³-hybridized carbons (Fsp3) is 0.500. The van der Waals surface area contributed by atoms with E-state index in [2.05, 4.69) is 10.6 Å². The number of nitrogens with one attached hydrogen (secondary N) is 2. The molecule has 2 N–H and O–H groups in total. The van der Waals surface area contributed by atoms with Crippen LogP contribution in [-0.4, -0.2) is 32.4 Å². The molecule has 0 heterocycles. The number of carbonyl (C=O) groups is 1. The molecule has 0 saturated heterocycles. The van der Waals surface area contributed by atoms with E-state index in [1.54, 1.807) is 13.0 Å². The van der Waals surface area contributed by atoms with Crippen LogP contribution in [0.15, 0.2) is 24.3 Å². The van der Waals surface area contributed by atoms with Crippen LogP contribution in [-0.2, 0) is 21.2 Å². The summed E-state index contributed by atoms with van der Waals surface area (Å²) in [5, 5.41) is 5.82. The molecule has 1 aromatic rings. The molecule has 1 amide bonds. The average Bonchev–Trinajstić information content (AvgIpc) is 2.35. The number of rotatable bonds is 8. The molecular formula is C14H23ClN2O3S. The first-order valence-corrected chi connectivity index (χ1v) is 8.59. The lowest BCUT2D eigenvalue weighted by atomic mass is 10.2. The summed E-state index contributed by atoms with van der Waals surface area (Å²) in [6.07, 6.45) is 0.522. The van der Waals surface area contributed by atoms with E-state index in [-0.39, 0.29) is 18.2 Å². The van der Waals surface area contributed by atoms with Crippen LogP contribution in [0.5, 0.6) is 0 Å². The Bertz CT molecular complexity index is 547. The highest BCUT2D eigenvalue weighted by Crippen LogP contribution is 2.11. The number of benzene rings is 1. The Hall–Kier alpha value is -1.11. The maximum atomic E-state index is 11.7. The van der Waals surface area contributed by atoms with Crippen molar-refractivity contribution in [2.75, 3.05) is 23.4 Å². The lowest BCUT2D eigenvalue weighted by Gasteiger charge is -2.08. The third kappa shape index (κ3) is 8.04. The van der Waals surface area contributed by atoms with Gasteiger partial charge in [-0.15, -0.1) is 12.4 Å². The van der Waals surface area contributed by atoms with E-state index in [1.165, 1.54) is 0 Å². The van der Waals surface area contributed by atoms with E-state index < -0.39 is 21.5 Å². The predicted octanol–water partition coefficient (Wildman–Crippen LogP) is 1.98. The predicted molar refractivity (Wildman–Crippen MR) is 88.6 cm³/mol. The molecule has 0 atom stereocenters. The molecule has 0 aliphatic heterocycles. The summed E-state index contributed by atoms with van der Waals surface area (Å²) in [6.45, 7) is 5.38. The quantitative estimate of drug-likeness (QED) is 0.762. The summed E-state index contributed by atoms with van der Waals surface area (Å²) in [7, 11) is -3.30. The van der Waals surface area contributed by atoms with Gasteiger partial charge in [0.15, 0.2) is 9.84 Å². The summed E-state index contributed by atoms with van der Waals surface area (Å²) in [5.74, 6) is -0.904. The van der Waals surface area contributed by atoms with Gasteiger partial charge < -0.3 is 10.6 Å². The molecule has 0 aliphatic rings. The first-order chi connectivity index (χ1) is 9.46. The SMILES string of the molecule is CCCS(=O)(=O)CC(=O)Nc1cccc(CNCC)c1.Cl. The highest BCUT2D eigenvalue weighted by Gasteiger charge is 2.15. The van der Waals surface area contributed by atoms with Crippen molar-refractivity contribution in [2.45, 2.75) is 26.8 Å². The molecule has 0 spiro atoms. The molecule has 21 heavy (non-hydrogen) atoms.